The van der Waals surface area contributed by atoms with E-state index in [2.05, 4.69) is 10.1 Å². The lowest BCUT2D eigenvalue weighted by Crippen LogP contribution is -1.97. The van der Waals surface area contributed by atoms with Gasteiger partial charge in [0.15, 0.2) is 10.8 Å². The lowest BCUT2D eigenvalue weighted by molar-refractivity contribution is 0.425. The largest absolute Gasteiger partial charge is 0.447 e. The number of pyridine rings is 1. The number of aromatic nitrogens is 2. The van der Waals surface area contributed by atoms with E-state index in [0.717, 1.165) is 10.6 Å². The van der Waals surface area contributed by atoms with Crippen molar-refractivity contribution < 1.29 is 13.7 Å². The van der Waals surface area contributed by atoms with Crippen molar-refractivity contribution in [3.05, 3.63) is 71.0 Å². The first kappa shape index (κ1) is 17.0. The molecule has 0 aliphatic rings. The molecule has 0 unspecified atom stereocenters. The summed E-state index contributed by atoms with van der Waals surface area (Å²) in [5, 5.41) is 4.80. The predicted octanol–water partition coefficient (Wildman–Crippen LogP) is 4.48. The van der Waals surface area contributed by atoms with Crippen LogP contribution in [0.5, 0.6) is 10.8 Å². The van der Waals surface area contributed by atoms with Crippen molar-refractivity contribution in [1.82, 2.24) is 10.1 Å². The fourth-order valence-corrected chi connectivity index (χ4v) is 3.42. The molecule has 4 N–H and O–H groups in total. The van der Waals surface area contributed by atoms with Crippen molar-refractivity contribution in [3.8, 4) is 22.1 Å². The van der Waals surface area contributed by atoms with E-state index < -0.39 is 0 Å². The summed E-state index contributed by atoms with van der Waals surface area (Å²) >= 11 is 1.49. The molecule has 3 aromatic heterocycles. The second-order valence-corrected chi connectivity index (χ2v) is 6.94. The molecule has 0 spiro atoms. The van der Waals surface area contributed by atoms with Crippen molar-refractivity contribution in [1.29, 1.82) is 0 Å². The van der Waals surface area contributed by atoms with Crippen molar-refractivity contribution in [2.24, 2.45) is 0 Å². The van der Waals surface area contributed by atoms with Crippen LogP contribution in [0.2, 0.25) is 0 Å². The molecule has 0 bridgehead atoms. The number of hydrogen-bond acceptors (Lipinski definition) is 7. The first-order valence-corrected chi connectivity index (χ1v) is 8.88. The molecule has 3 heterocycles. The lowest BCUT2D eigenvalue weighted by atomic mass is 10.1. The summed E-state index contributed by atoms with van der Waals surface area (Å²) in [4.78, 5) is 5.07. The van der Waals surface area contributed by atoms with Gasteiger partial charge in [-0.05, 0) is 48.5 Å². The molecule has 4 rings (SSSR count). The number of halogens is 1. The van der Waals surface area contributed by atoms with Crippen LogP contribution in [0.1, 0.15) is 10.6 Å². The first-order chi connectivity index (χ1) is 13.1. The average Bonchev–Trinajstić information content (AvgIpc) is 3.27. The highest BCUT2D eigenvalue weighted by Gasteiger charge is 2.12. The van der Waals surface area contributed by atoms with Gasteiger partial charge in [-0.2, -0.15) is 0 Å². The van der Waals surface area contributed by atoms with Gasteiger partial charge in [-0.1, -0.05) is 5.16 Å². The van der Waals surface area contributed by atoms with E-state index in [1.165, 1.54) is 23.5 Å². The Labute approximate surface area is 158 Å². The summed E-state index contributed by atoms with van der Waals surface area (Å²) in [7, 11) is 0. The molecule has 1 aromatic carbocycles. The Bertz CT molecular complexity index is 1080. The monoisotopic (exact) mass is 382 g/mol. The SMILES string of the molecule is Nc1ccc(-c2cc(Cc3ccc(Oc4ccc(F)cc4)s3)no2)c(N)n1. The van der Waals surface area contributed by atoms with Gasteiger partial charge in [0.25, 0.3) is 0 Å². The number of ether oxygens (including phenoxy) is 1. The molecule has 6 nitrogen and oxygen atoms in total. The highest BCUT2D eigenvalue weighted by Crippen LogP contribution is 2.32. The number of hydrogen-bond donors (Lipinski definition) is 2. The van der Waals surface area contributed by atoms with Crippen LogP contribution in [0.15, 0.2) is 59.1 Å². The molecule has 0 amide bonds. The number of nitrogens with two attached hydrogens (primary N) is 2. The molecular formula is C19H15FN4O2S. The van der Waals surface area contributed by atoms with E-state index in [1.807, 2.05) is 18.2 Å². The van der Waals surface area contributed by atoms with Gasteiger partial charge in [0.1, 0.15) is 23.2 Å². The third kappa shape index (κ3) is 3.90. The molecule has 136 valence electrons. The zero-order valence-electron chi connectivity index (χ0n) is 14.1. The highest BCUT2D eigenvalue weighted by molar-refractivity contribution is 7.13. The Hall–Kier alpha value is -3.39. The van der Waals surface area contributed by atoms with Gasteiger partial charge in [-0.25, -0.2) is 9.37 Å². The van der Waals surface area contributed by atoms with Crippen LogP contribution in [-0.2, 0) is 6.42 Å². The molecule has 0 radical (unpaired) electrons. The normalized spacial score (nSPS) is 10.9. The predicted molar refractivity (Wildman–Crippen MR) is 102 cm³/mol. The fraction of sp³-hybridized carbons (Fsp3) is 0.0526. The average molecular weight is 382 g/mol. The van der Waals surface area contributed by atoms with Crippen molar-refractivity contribution >= 4 is 23.0 Å². The summed E-state index contributed by atoms with van der Waals surface area (Å²) in [5.41, 5.74) is 12.9. The van der Waals surface area contributed by atoms with Crippen LogP contribution in [0, 0.1) is 5.82 Å². The van der Waals surface area contributed by atoms with Crippen molar-refractivity contribution in [2.45, 2.75) is 6.42 Å². The van der Waals surface area contributed by atoms with E-state index in [0.29, 0.717) is 40.2 Å². The molecule has 0 fully saturated rings. The van der Waals surface area contributed by atoms with Gasteiger partial charge in [-0.3, -0.25) is 0 Å². The summed E-state index contributed by atoms with van der Waals surface area (Å²) in [6, 6.07) is 14.9. The number of anilines is 2. The standard InChI is InChI=1S/C19H15FN4O2S/c20-11-1-3-13(4-2-11)25-18-8-5-14(27-18)9-12-10-16(26-24-12)15-6-7-17(21)23-19(15)22/h1-8,10H,9H2,(H4,21,22,23). The Morgan fingerprint density at radius 3 is 2.63 bits per heavy atom. The summed E-state index contributed by atoms with van der Waals surface area (Å²) in [6.45, 7) is 0. The molecule has 8 heteroatoms. The number of thiophene rings is 1. The maximum absolute atomic E-state index is 13.0. The van der Waals surface area contributed by atoms with Gasteiger partial charge in [0.05, 0.1) is 11.3 Å². The zero-order chi connectivity index (χ0) is 18.8. The summed E-state index contributed by atoms with van der Waals surface area (Å²) in [6.07, 6.45) is 0.587. The van der Waals surface area contributed by atoms with E-state index in [9.17, 15) is 4.39 Å². The molecular weight excluding hydrogens is 367 g/mol. The van der Waals surface area contributed by atoms with Crippen LogP contribution in [0.25, 0.3) is 11.3 Å². The van der Waals surface area contributed by atoms with E-state index >= 15 is 0 Å². The second-order valence-electron chi connectivity index (χ2n) is 5.80. The Morgan fingerprint density at radius 1 is 1.04 bits per heavy atom. The maximum atomic E-state index is 13.0. The van der Waals surface area contributed by atoms with E-state index in [1.54, 1.807) is 24.3 Å². The van der Waals surface area contributed by atoms with E-state index in [-0.39, 0.29) is 5.82 Å². The minimum absolute atomic E-state index is 0.295. The molecule has 0 saturated carbocycles. The Morgan fingerprint density at radius 2 is 1.85 bits per heavy atom. The van der Waals surface area contributed by atoms with Crippen LogP contribution in [0.4, 0.5) is 16.0 Å². The maximum Gasteiger partial charge on any atom is 0.181 e. The minimum Gasteiger partial charge on any atom is -0.447 e. The number of nitrogens with zero attached hydrogens (tertiary/aromatic N) is 2. The lowest BCUT2D eigenvalue weighted by Gasteiger charge is -2.01. The van der Waals surface area contributed by atoms with E-state index in [4.69, 9.17) is 20.7 Å². The smallest absolute Gasteiger partial charge is 0.181 e. The zero-order valence-corrected chi connectivity index (χ0v) is 14.9. The van der Waals surface area contributed by atoms with Crippen LogP contribution in [0.3, 0.4) is 0 Å². The third-order valence-electron chi connectivity index (χ3n) is 3.80. The van der Waals surface area contributed by atoms with Gasteiger partial charge in [0.2, 0.25) is 0 Å². The number of benzene rings is 1. The van der Waals surface area contributed by atoms with Gasteiger partial charge in [-0.15, -0.1) is 11.3 Å². The fourth-order valence-electron chi connectivity index (χ4n) is 2.53. The van der Waals surface area contributed by atoms with Gasteiger partial charge in [0, 0.05) is 17.4 Å². The van der Waals surface area contributed by atoms with Crippen molar-refractivity contribution in [3.63, 3.8) is 0 Å². The summed E-state index contributed by atoms with van der Waals surface area (Å²) in [5.74, 6) is 1.47. The third-order valence-corrected chi connectivity index (χ3v) is 4.76. The van der Waals surface area contributed by atoms with Crippen LogP contribution in [-0.4, -0.2) is 10.1 Å². The summed E-state index contributed by atoms with van der Waals surface area (Å²) < 4.78 is 24.1. The Balaban J connectivity index is 1.46. The Kier molecular flexibility index (Phi) is 4.47. The van der Waals surface area contributed by atoms with Gasteiger partial charge >= 0.3 is 0 Å². The van der Waals surface area contributed by atoms with Crippen molar-refractivity contribution in [2.75, 3.05) is 11.5 Å². The molecule has 0 saturated heterocycles. The first-order valence-electron chi connectivity index (χ1n) is 8.07. The topological polar surface area (TPSA) is 100 Å². The molecule has 0 atom stereocenters. The minimum atomic E-state index is -0.298. The van der Waals surface area contributed by atoms with Crippen LogP contribution >= 0.6 is 11.3 Å². The molecule has 0 aliphatic carbocycles. The molecule has 4 aromatic rings. The quantitative estimate of drug-likeness (QED) is 0.528. The number of rotatable bonds is 5. The molecule has 27 heavy (non-hydrogen) atoms. The van der Waals surface area contributed by atoms with Gasteiger partial charge < -0.3 is 20.7 Å². The highest BCUT2D eigenvalue weighted by atomic mass is 32.1. The molecule has 0 aliphatic heterocycles. The second kappa shape index (κ2) is 7.08. The van der Waals surface area contributed by atoms with Crippen LogP contribution < -0.4 is 16.2 Å². The number of nitrogen functional groups attached to an aromatic ring is 2.